The van der Waals surface area contributed by atoms with Gasteiger partial charge in [0.1, 0.15) is 29.4 Å². The molecule has 0 bridgehead atoms. The molecule has 85 heavy (non-hydrogen) atoms. The second kappa shape index (κ2) is 34.4. The van der Waals surface area contributed by atoms with Gasteiger partial charge in [-0.25, -0.2) is 14.5 Å². The number of nitrogens with zero attached hydrogens (tertiary/aromatic N) is 5. The predicted molar refractivity (Wildman–Crippen MR) is 334 cm³/mol. The monoisotopic (exact) mass is 1250 g/mol. The van der Waals surface area contributed by atoms with Crippen LogP contribution in [0, 0.1) is 41.9 Å². The molecule has 5 heterocycles. The van der Waals surface area contributed by atoms with Crippen LogP contribution in [0.15, 0.2) is 73.8 Å². The second-order valence-electron chi connectivity index (χ2n) is 25.1. The smallest absolute Gasteiger partial charge is 0.420 e. The molecule has 4 saturated carbocycles. The summed E-state index contributed by atoms with van der Waals surface area (Å²) in [7, 11) is 0. The molecule has 5 aliphatic rings. The molecular formula is C67H103N8O9Y-. The molecule has 5 fully saturated rings. The quantitative estimate of drug-likeness (QED) is 0.0689. The third-order valence-corrected chi connectivity index (χ3v) is 16.8. The van der Waals surface area contributed by atoms with E-state index >= 15 is 0 Å². The molecular weight excluding hydrogens is 1150 g/mol. The molecule has 7 N–H and O–H groups in total. The maximum absolute atomic E-state index is 12.5. The summed E-state index contributed by atoms with van der Waals surface area (Å²) in [5, 5.41) is 10.1. The van der Waals surface area contributed by atoms with Gasteiger partial charge in [0.25, 0.3) is 0 Å². The van der Waals surface area contributed by atoms with Crippen LogP contribution in [0.4, 0.5) is 21.0 Å². The number of anilines is 2. The van der Waals surface area contributed by atoms with E-state index in [0.717, 1.165) is 72.2 Å². The minimum Gasteiger partial charge on any atom is -0.462 e. The maximum atomic E-state index is 12.5. The summed E-state index contributed by atoms with van der Waals surface area (Å²) < 4.78 is 16.3. The van der Waals surface area contributed by atoms with Crippen molar-refractivity contribution in [1.29, 1.82) is 0 Å². The van der Waals surface area contributed by atoms with Crippen molar-refractivity contribution in [1.82, 2.24) is 24.8 Å². The van der Waals surface area contributed by atoms with Crippen molar-refractivity contribution in [3.8, 4) is 0 Å². The van der Waals surface area contributed by atoms with Crippen LogP contribution in [-0.2, 0) is 74.1 Å². The van der Waals surface area contributed by atoms with E-state index in [9.17, 15) is 29.1 Å². The van der Waals surface area contributed by atoms with Crippen LogP contribution in [0.2, 0.25) is 0 Å². The molecule has 4 aromatic heterocycles. The summed E-state index contributed by atoms with van der Waals surface area (Å²) in [6.07, 6.45) is 23.0. The first kappa shape index (κ1) is 75.9. The Labute approximate surface area is 534 Å². The maximum Gasteiger partial charge on any atom is 0.420 e. The first-order chi connectivity index (χ1) is 38.2. The Morgan fingerprint density at radius 2 is 1.02 bits per heavy atom. The fourth-order valence-corrected chi connectivity index (χ4v) is 13.4. The van der Waals surface area contributed by atoms with Gasteiger partial charge in [-0.2, -0.15) is 5.92 Å². The van der Waals surface area contributed by atoms with E-state index < -0.39 is 17.8 Å². The van der Waals surface area contributed by atoms with E-state index in [1.807, 2.05) is 49.8 Å². The summed E-state index contributed by atoms with van der Waals surface area (Å²) in [5.41, 5.74) is 25.7. The Bertz CT molecular complexity index is 2740. The van der Waals surface area contributed by atoms with Crippen molar-refractivity contribution in [3.63, 3.8) is 0 Å². The third kappa shape index (κ3) is 21.3. The molecule has 1 saturated heterocycles. The minimum atomic E-state index is -0.676. The van der Waals surface area contributed by atoms with Gasteiger partial charge in [-0.05, 0) is 184 Å². The Morgan fingerprint density at radius 1 is 0.624 bits per heavy atom. The average Bonchev–Trinajstić information content (AvgIpc) is 1.81. The van der Waals surface area contributed by atoms with Crippen LogP contribution < -0.4 is 17.2 Å². The number of hydrogen-bond acceptors (Lipinski definition) is 16. The molecule has 15 atom stereocenters. The van der Waals surface area contributed by atoms with Crippen molar-refractivity contribution in [2.24, 2.45) is 41.2 Å². The zero-order chi connectivity index (χ0) is 59.5. The Balaban J connectivity index is 0.000000384. The molecule has 4 unspecified atom stereocenters. The van der Waals surface area contributed by atoms with Crippen molar-refractivity contribution in [2.75, 3.05) is 11.5 Å². The molecule has 1 aliphatic heterocycles. The van der Waals surface area contributed by atoms with Gasteiger partial charge in [0, 0.05) is 89.7 Å². The van der Waals surface area contributed by atoms with Crippen LogP contribution in [0.25, 0.3) is 0 Å². The number of Topliss-reactive ketones (excluding diaryl/α,β-unsaturated/α-hetero) is 2. The van der Waals surface area contributed by atoms with Crippen molar-refractivity contribution < 1.29 is 76.0 Å². The number of nitrogens with two attached hydrogens (primary N) is 3. The molecule has 2 amide bonds. The van der Waals surface area contributed by atoms with E-state index in [2.05, 4.69) is 61.0 Å². The molecule has 0 aromatic carbocycles. The van der Waals surface area contributed by atoms with Crippen LogP contribution in [-0.4, -0.2) is 95.7 Å². The summed E-state index contributed by atoms with van der Waals surface area (Å²) in [6, 6.07) is 7.82. The Kier molecular flexibility index (Phi) is 30.7. The number of hydrogen-bond donors (Lipinski definition) is 4. The number of nitrogen functional groups attached to an aromatic ring is 2. The fourth-order valence-electron chi connectivity index (χ4n) is 13.4. The van der Waals surface area contributed by atoms with Crippen LogP contribution in [0.5, 0.6) is 0 Å². The number of aromatic nitrogens is 4. The molecule has 0 spiro atoms. The number of carbonyl (C=O) groups excluding carboxylic acids is 5. The van der Waals surface area contributed by atoms with Crippen molar-refractivity contribution in [3.05, 3.63) is 114 Å². The largest absolute Gasteiger partial charge is 0.462 e. The van der Waals surface area contributed by atoms with Crippen LogP contribution in [0.1, 0.15) is 214 Å². The number of rotatable bonds is 9. The Hall–Kier alpha value is -5.23. The van der Waals surface area contributed by atoms with Gasteiger partial charge in [-0.1, -0.05) is 76.7 Å². The van der Waals surface area contributed by atoms with E-state index in [1.54, 1.807) is 65.6 Å². The number of carbonyl (C=O) groups is 5. The number of amides is 2. The number of imide groups is 1. The van der Waals surface area contributed by atoms with E-state index in [4.69, 9.17) is 31.4 Å². The van der Waals surface area contributed by atoms with Crippen LogP contribution >= 0.6 is 0 Å². The number of fused-ring (bicyclic) bond motifs is 1. The molecule has 4 aromatic rings. The van der Waals surface area contributed by atoms with Crippen molar-refractivity contribution in [2.45, 2.75) is 229 Å². The van der Waals surface area contributed by atoms with E-state index in [1.165, 1.54) is 23.6 Å². The predicted octanol–water partition coefficient (Wildman–Crippen LogP) is 12.9. The SMILES string of the molecule is C.C.C.CC(=O)Cc1cnccc1C1C[C@@H](C)C(O)[C@@H](C)C1.CC(=O)Cc1cnccc1[C@@H]1C[C@H](C)[CH-][C@H](N)C1.CC(=O)OC1[C@H](C)CC(c2ccncc2N)C[C@@H]1C.C[C@H]1C[C@@H](c2ccncc2N)C[C@@H]2[C@H]1OC(=O)N2C(=O)OC(C)(C)C.[Y]. The van der Waals surface area contributed by atoms with Gasteiger partial charge < -0.3 is 42.9 Å². The summed E-state index contributed by atoms with van der Waals surface area (Å²) in [4.78, 5) is 76.1. The standard InChI is InChI=1S/C18H25N3O4.C16H23NO2.C15H22N2O2.C15H21N2O.3CH4.Y/c1-10-7-11(12-5-6-20-9-13(12)19)8-14-15(10)24-16(22)21(14)17(23)25-18(2,3)4;1-10-6-13(7-11(2)16(10)19)15-4-5-17-9-14(15)8-12(3)18;1-9-6-12(13-4-5-17-8-14(13)16)7-10(2)15(9)19-11(3)18;1-10-5-12(8-14(16)6-10)15-3-4-17-9-13(15)7-11(2)18;;;;/h5-6,9-11,14-15H,7-8,19H2,1-4H3;4-5,9-11,13,16,19H,6-8H2,1-3H3;4-5,8-10,12,15H,6-7,16H2,1-3H3;3-4,6,9-10,12,14H,5,7-8,16H2,1-2H3;3*1H4;/q;;;-1;;;;/t10-,11+,14+,15-;10-,11+,13?,16?;9-,10+,12?,15?;10-,12+,14-;;;;/m0..0..../s1. The van der Waals surface area contributed by atoms with Gasteiger partial charge in [0.15, 0.2) is 0 Å². The van der Waals surface area contributed by atoms with Gasteiger partial charge >= 0.3 is 18.2 Å². The first-order valence-corrected chi connectivity index (χ1v) is 29.1. The molecule has 9 rings (SSSR count). The summed E-state index contributed by atoms with van der Waals surface area (Å²) >= 11 is 0. The zero-order valence-corrected chi connectivity index (χ0v) is 53.3. The normalized spacial score (nSPS) is 28.4. The number of esters is 1. The fraction of sp³-hybridized carbons (Fsp3) is 0.612. The number of ether oxygens (including phenoxy) is 3. The first-order valence-electron chi connectivity index (χ1n) is 29.1. The Morgan fingerprint density at radius 3 is 1.45 bits per heavy atom. The molecule has 469 valence electrons. The van der Waals surface area contributed by atoms with E-state index in [0.29, 0.717) is 72.3 Å². The van der Waals surface area contributed by atoms with Gasteiger partial charge in [0.05, 0.1) is 35.9 Å². The topological polar surface area (TPSA) is 266 Å². The molecule has 1 radical (unpaired) electrons. The third-order valence-electron chi connectivity index (χ3n) is 16.8. The van der Waals surface area contributed by atoms with Gasteiger partial charge in [-0.3, -0.25) is 34.3 Å². The number of ketones is 2. The number of pyridine rings is 4. The van der Waals surface area contributed by atoms with Crippen molar-refractivity contribution >= 4 is 41.1 Å². The number of aliphatic hydroxyl groups excluding tert-OH is 1. The van der Waals surface area contributed by atoms with E-state index in [-0.39, 0.29) is 115 Å². The van der Waals surface area contributed by atoms with Gasteiger partial charge in [0.2, 0.25) is 0 Å². The second-order valence-corrected chi connectivity index (χ2v) is 25.1. The minimum absolute atomic E-state index is 0. The average molecular weight is 1250 g/mol. The molecule has 18 heteroatoms. The summed E-state index contributed by atoms with van der Waals surface area (Å²) in [5.74, 6) is 3.61. The van der Waals surface area contributed by atoms with Gasteiger partial charge in [-0.15, -0.1) is 6.04 Å². The molecule has 17 nitrogen and oxygen atoms in total. The molecule has 4 aliphatic carbocycles. The van der Waals surface area contributed by atoms with Crippen LogP contribution in [0.3, 0.4) is 0 Å². The number of aliphatic hydroxyl groups is 1. The summed E-state index contributed by atoms with van der Waals surface area (Å²) in [6.45, 7) is 22.8. The zero-order valence-electron chi connectivity index (χ0n) is 50.5.